The molecular formula is C13H17ClF2N4O2S. The monoisotopic (exact) mass is 366 g/mol. The summed E-state index contributed by atoms with van der Waals surface area (Å²) >= 11 is 0. The van der Waals surface area contributed by atoms with Crippen LogP contribution in [0.5, 0.6) is 0 Å². The molecule has 0 aliphatic rings. The molecule has 0 saturated carbocycles. The number of sulfonamides is 1. The Morgan fingerprint density at radius 2 is 1.91 bits per heavy atom. The molecule has 0 fully saturated rings. The zero-order chi connectivity index (χ0) is 16.2. The van der Waals surface area contributed by atoms with E-state index in [2.05, 4.69) is 9.82 Å². The Balaban J connectivity index is 0.00000264. The van der Waals surface area contributed by atoms with Crippen LogP contribution < -0.4 is 10.5 Å². The molecular weight excluding hydrogens is 350 g/mol. The van der Waals surface area contributed by atoms with Crippen molar-refractivity contribution in [1.29, 1.82) is 0 Å². The summed E-state index contributed by atoms with van der Waals surface area (Å²) in [6, 6.07) is 7.09. The summed E-state index contributed by atoms with van der Waals surface area (Å²) in [5.41, 5.74) is 7.13. The predicted octanol–water partition coefficient (Wildman–Crippen LogP) is 1.67. The highest BCUT2D eigenvalue weighted by Gasteiger charge is 2.17. The van der Waals surface area contributed by atoms with Crippen molar-refractivity contribution < 1.29 is 17.2 Å². The lowest BCUT2D eigenvalue weighted by Gasteiger charge is -2.05. The summed E-state index contributed by atoms with van der Waals surface area (Å²) in [6.07, 6.45) is 0.0324. The van der Waals surface area contributed by atoms with Crippen molar-refractivity contribution in [3.63, 3.8) is 0 Å². The van der Waals surface area contributed by atoms with E-state index in [9.17, 15) is 17.2 Å². The highest BCUT2D eigenvalue weighted by molar-refractivity contribution is 7.89. The Bertz CT molecular complexity index is 720. The number of benzene rings is 1. The summed E-state index contributed by atoms with van der Waals surface area (Å²) < 4.78 is 51.7. The van der Waals surface area contributed by atoms with Gasteiger partial charge in [0.2, 0.25) is 10.0 Å². The van der Waals surface area contributed by atoms with Gasteiger partial charge in [0.15, 0.2) is 0 Å². The first-order chi connectivity index (χ1) is 10.4. The Labute approximate surface area is 139 Å². The fourth-order valence-corrected chi connectivity index (χ4v) is 2.81. The number of nitrogens with one attached hydrogen (secondary N) is 1. The summed E-state index contributed by atoms with van der Waals surface area (Å²) in [6.45, 7) is -0.451. The molecule has 1 aromatic carbocycles. The van der Waals surface area contributed by atoms with Crippen molar-refractivity contribution in [3.8, 4) is 0 Å². The minimum absolute atomic E-state index is 0. The van der Waals surface area contributed by atoms with Crippen molar-refractivity contribution >= 4 is 28.1 Å². The van der Waals surface area contributed by atoms with Crippen molar-refractivity contribution in [2.45, 2.75) is 24.3 Å². The van der Waals surface area contributed by atoms with Crippen LogP contribution in [0.2, 0.25) is 0 Å². The summed E-state index contributed by atoms with van der Waals surface area (Å²) in [7, 11) is -3.76. The maximum Gasteiger partial charge on any atom is 0.257 e. The van der Waals surface area contributed by atoms with E-state index in [1.54, 1.807) is 12.1 Å². The molecule has 0 atom stereocenters. The molecule has 0 saturated heterocycles. The van der Waals surface area contributed by atoms with E-state index in [1.807, 2.05) is 12.1 Å². The summed E-state index contributed by atoms with van der Waals surface area (Å²) in [4.78, 5) is -0.134. The van der Waals surface area contributed by atoms with Gasteiger partial charge in [-0.3, -0.25) is 4.68 Å². The molecule has 1 aromatic heterocycles. The molecule has 128 valence electrons. The molecule has 0 radical (unpaired) electrons. The lowest BCUT2D eigenvalue weighted by atomic mass is 10.1. The van der Waals surface area contributed by atoms with E-state index in [-0.39, 0.29) is 23.8 Å². The van der Waals surface area contributed by atoms with E-state index in [0.717, 1.165) is 22.6 Å². The van der Waals surface area contributed by atoms with E-state index < -0.39 is 23.0 Å². The molecule has 0 aliphatic heterocycles. The van der Waals surface area contributed by atoms with Gasteiger partial charge in [0, 0.05) is 18.4 Å². The fraction of sp³-hybridized carbons (Fsp3) is 0.308. The number of rotatable bonds is 7. The number of nitrogen functional groups attached to an aromatic ring is 1. The number of nitrogens with two attached hydrogens (primary N) is 1. The number of alkyl halides is 2. The normalized spacial score (nSPS) is 11.4. The zero-order valence-corrected chi connectivity index (χ0v) is 13.7. The molecule has 0 aliphatic carbocycles. The summed E-state index contributed by atoms with van der Waals surface area (Å²) in [5.74, 6) is 0. The van der Waals surface area contributed by atoms with Crippen molar-refractivity contribution in [2.24, 2.45) is 0 Å². The van der Waals surface area contributed by atoms with E-state index in [4.69, 9.17) is 5.73 Å². The third kappa shape index (κ3) is 5.77. The molecule has 10 heteroatoms. The van der Waals surface area contributed by atoms with Crippen LogP contribution in [-0.2, 0) is 23.0 Å². The minimum atomic E-state index is -3.76. The van der Waals surface area contributed by atoms with Gasteiger partial charge in [-0.25, -0.2) is 21.9 Å². The second kappa shape index (κ2) is 8.23. The molecule has 6 nitrogen and oxygen atoms in total. The van der Waals surface area contributed by atoms with Crippen LogP contribution in [0.15, 0.2) is 41.6 Å². The number of halogens is 3. The largest absolute Gasteiger partial charge is 0.399 e. The van der Waals surface area contributed by atoms with Gasteiger partial charge in [0.25, 0.3) is 6.43 Å². The smallest absolute Gasteiger partial charge is 0.257 e. The van der Waals surface area contributed by atoms with Crippen LogP contribution in [0.1, 0.15) is 5.56 Å². The highest BCUT2D eigenvalue weighted by Crippen LogP contribution is 2.09. The van der Waals surface area contributed by atoms with Gasteiger partial charge in [-0.1, -0.05) is 12.1 Å². The lowest BCUT2D eigenvalue weighted by Crippen LogP contribution is -2.25. The maximum atomic E-state index is 12.2. The lowest BCUT2D eigenvalue weighted by molar-refractivity contribution is 0.121. The Morgan fingerprint density at radius 3 is 2.52 bits per heavy atom. The molecule has 2 rings (SSSR count). The average Bonchev–Trinajstić information content (AvgIpc) is 2.89. The van der Waals surface area contributed by atoms with E-state index >= 15 is 0 Å². The number of hydrogen-bond donors (Lipinski definition) is 2. The molecule has 1 heterocycles. The van der Waals surface area contributed by atoms with Crippen LogP contribution in [0.4, 0.5) is 14.5 Å². The second-order valence-electron chi connectivity index (χ2n) is 4.68. The molecule has 0 amide bonds. The van der Waals surface area contributed by atoms with Crippen molar-refractivity contribution in [2.75, 3.05) is 12.3 Å². The quantitative estimate of drug-likeness (QED) is 0.729. The Kier molecular flexibility index (Phi) is 6.92. The standard InChI is InChI=1S/C13H16F2N4O2S.ClH/c14-13(15)9-19-8-12(7-17-19)22(20,21)18-6-5-10-1-3-11(16)4-2-10;/h1-4,7-8,13,18H,5-6,9,16H2;1H. The van der Waals surface area contributed by atoms with Crippen LogP contribution in [0.25, 0.3) is 0 Å². The van der Waals surface area contributed by atoms with Gasteiger partial charge in [-0.2, -0.15) is 5.10 Å². The van der Waals surface area contributed by atoms with E-state index in [0.29, 0.717) is 12.1 Å². The SMILES string of the molecule is Cl.Nc1ccc(CCNS(=O)(=O)c2cnn(CC(F)F)c2)cc1. The van der Waals surface area contributed by atoms with Crippen molar-refractivity contribution in [1.82, 2.24) is 14.5 Å². The third-order valence-corrected chi connectivity index (χ3v) is 4.35. The molecule has 0 bridgehead atoms. The number of aromatic nitrogens is 2. The Morgan fingerprint density at radius 1 is 1.26 bits per heavy atom. The summed E-state index contributed by atoms with van der Waals surface area (Å²) in [5, 5.41) is 3.60. The first-order valence-electron chi connectivity index (χ1n) is 6.51. The molecule has 3 N–H and O–H groups in total. The van der Waals surface area contributed by atoms with Crippen molar-refractivity contribution in [3.05, 3.63) is 42.2 Å². The van der Waals surface area contributed by atoms with Gasteiger partial charge >= 0.3 is 0 Å². The molecule has 2 aromatic rings. The highest BCUT2D eigenvalue weighted by atomic mass is 35.5. The average molecular weight is 367 g/mol. The third-order valence-electron chi connectivity index (χ3n) is 2.93. The number of hydrogen-bond acceptors (Lipinski definition) is 4. The molecule has 23 heavy (non-hydrogen) atoms. The molecule has 0 unspecified atom stereocenters. The topological polar surface area (TPSA) is 90.0 Å². The fourth-order valence-electron chi connectivity index (χ4n) is 1.82. The van der Waals surface area contributed by atoms with Gasteiger partial charge < -0.3 is 5.73 Å². The van der Waals surface area contributed by atoms with Crippen LogP contribution in [0.3, 0.4) is 0 Å². The first-order valence-corrected chi connectivity index (χ1v) is 8.00. The Hall–Kier alpha value is -1.71. The van der Waals surface area contributed by atoms with Gasteiger partial charge in [0.05, 0.1) is 6.20 Å². The number of nitrogens with zero attached hydrogens (tertiary/aromatic N) is 2. The van der Waals surface area contributed by atoms with Crippen LogP contribution >= 0.6 is 12.4 Å². The minimum Gasteiger partial charge on any atom is -0.399 e. The van der Waals surface area contributed by atoms with E-state index in [1.165, 1.54) is 0 Å². The van der Waals surface area contributed by atoms with Crippen LogP contribution in [0, 0.1) is 0 Å². The van der Waals surface area contributed by atoms with Crippen LogP contribution in [-0.4, -0.2) is 31.2 Å². The van der Waals surface area contributed by atoms with Gasteiger partial charge in [-0.05, 0) is 24.1 Å². The predicted molar refractivity (Wildman–Crippen MR) is 85.2 cm³/mol. The van der Waals surface area contributed by atoms with Gasteiger partial charge in [0.1, 0.15) is 11.4 Å². The van der Waals surface area contributed by atoms with Gasteiger partial charge in [-0.15, -0.1) is 12.4 Å². The first kappa shape index (κ1) is 19.3. The second-order valence-corrected chi connectivity index (χ2v) is 6.45. The molecule has 0 spiro atoms. The zero-order valence-electron chi connectivity index (χ0n) is 12.0. The number of anilines is 1. The maximum absolute atomic E-state index is 12.2.